The number of hydrogen-bond donors (Lipinski definition) is 1. The molecule has 1 aliphatic carbocycles. The van der Waals surface area contributed by atoms with Gasteiger partial charge in [0.1, 0.15) is 5.69 Å². The van der Waals surface area contributed by atoms with Crippen LogP contribution >= 0.6 is 11.6 Å². The third-order valence-electron chi connectivity index (χ3n) is 3.18. The van der Waals surface area contributed by atoms with E-state index in [1.165, 1.54) is 0 Å². The smallest absolute Gasteiger partial charge is 0.112 e. The van der Waals surface area contributed by atoms with Crippen molar-refractivity contribution in [1.82, 2.24) is 15.0 Å². The number of aliphatic hydroxyl groups is 1. The minimum Gasteiger partial charge on any atom is -0.390 e. The topological polar surface area (TPSA) is 50.9 Å². The van der Waals surface area contributed by atoms with Gasteiger partial charge >= 0.3 is 0 Å². The van der Waals surface area contributed by atoms with Crippen molar-refractivity contribution in [2.45, 2.75) is 31.9 Å². The van der Waals surface area contributed by atoms with Gasteiger partial charge in [-0.25, -0.2) is 4.68 Å². The summed E-state index contributed by atoms with van der Waals surface area (Å²) in [5.74, 6) is 0.515. The minimum absolute atomic E-state index is 0.0403. The summed E-state index contributed by atoms with van der Waals surface area (Å²) in [7, 11) is 0. The lowest BCUT2D eigenvalue weighted by molar-refractivity contribution is 0.275. The van der Waals surface area contributed by atoms with Gasteiger partial charge in [0.15, 0.2) is 0 Å². The molecule has 0 bridgehead atoms. The Kier molecular flexibility index (Phi) is 3.06. The number of benzene rings is 1. The van der Waals surface area contributed by atoms with Gasteiger partial charge in [-0.05, 0) is 30.5 Å². The number of rotatable bonds is 4. The van der Waals surface area contributed by atoms with E-state index < -0.39 is 0 Å². The molecular formula is C13H14ClN3O. The predicted octanol–water partition coefficient (Wildman–Crippen LogP) is 2.35. The van der Waals surface area contributed by atoms with E-state index in [0.717, 1.165) is 29.1 Å². The van der Waals surface area contributed by atoms with Gasteiger partial charge in [-0.2, -0.15) is 0 Å². The summed E-state index contributed by atoms with van der Waals surface area (Å²) < 4.78 is 1.88. The molecule has 1 saturated carbocycles. The van der Waals surface area contributed by atoms with Crippen LogP contribution in [0.4, 0.5) is 0 Å². The molecule has 0 amide bonds. The number of hydrogen-bond acceptors (Lipinski definition) is 3. The lowest BCUT2D eigenvalue weighted by atomic mass is 10.2. The van der Waals surface area contributed by atoms with E-state index >= 15 is 0 Å². The molecule has 1 aliphatic rings. The molecule has 2 aromatic rings. The molecule has 0 saturated heterocycles. The molecule has 18 heavy (non-hydrogen) atoms. The van der Waals surface area contributed by atoms with Crippen LogP contribution in [0.3, 0.4) is 0 Å². The first kappa shape index (κ1) is 11.7. The Bertz CT molecular complexity index is 563. The highest BCUT2D eigenvalue weighted by Crippen LogP contribution is 2.41. The van der Waals surface area contributed by atoms with Crippen LogP contribution in [0.5, 0.6) is 0 Å². The molecule has 1 heterocycles. The highest BCUT2D eigenvalue weighted by Gasteiger charge is 2.30. The summed E-state index contributed by atoms with van der Waals surface area (Å²) in [5, 5.41) is 18.2. The van der Waals surface area contributed by atoms with Gasteiger partial charge in [0, 0.05) is 10.9 Å². The van der Waals surface area contributed by atoms with Gasteiger partial charge in [-0.1, -0.05) is 28.9 Å². The maximum atomic E-state index is 9.28. The van der Waals surface area contributed by atoms with Crippen molar-refractivity contribution in [3.63, 3.8) is 0 Å². The Morgan fingerprint density at radius 2 is 2.22 bits per heavy atom. The second-order valence-electron chi connectivity index (χ2n) is 4.64. The molecule has 0 unspecified atom stereocenters. The summed E-state index contributed by atoms with van der Waals surface area (Å²) in [6.07, 6.45) is 2.33. The van der Waals surface area contributed by atoms with Crippen LogP contribution in [0.2, 0.25) is 5.02 Å². The molecule has 0 aliphatic heterocycles. The Hall–Kier alpha value is -1.39. The third-order valence-corrected chi connectivity index (χ3v) is 3.42. The molecule has 1 fully saturated rings. The molecule has 0 atom stereocenters. The van der Waals surface area contributed by atoms with E-state index in [-0.39, 0.29) is 6.61 Å². The fourth-order valence-electron chi connectivity index (χ4n) is 2.20. The molecule has 1 aromatic carbocycles. The molecule has 94 valence electrons. The molecule has 0 radical (unpaired) electrons. The molecule has 4 nitrogen and oxygen atoms in total. The first-order valence-corrected chi connectivity index (χ1v) is 6.43. The van der Waals surface area contributed by atoms with Crippen LogP contribution in [-0.4, -0.2) is 20.1 Å². The van der Waals surface area contributed by atoms with Crippen molar-refractivity contribution in [3.05, 3.63) is 46.2 Å². The first-order chi connectivity index (χ1) is 8.78. The monoisotopic (exact) mass is 263 g/mol. The second kappa shape index (κ2) is 4.71. The van der Waals surface area contributed by atoms with E-state index in [0.29, 0.717) is 18.2 Å². The van der Waals surface area contributed by atoms with Crippen LogP contribution in [0.15, 0.2) is 24.3 Å². The third kappa shape index (κ3) is 2.26. The summed E-state index contributed by atoms with van der Waals surface area (Å²) in [5.41, 5.74) is 2.88. The zero-order chi connectivity index (χ0) is 12.5. The van der Waals surface area contributed by atoms with Gasteiger partial charge < -0.3 is 5.11 Å². The number of nitrogens with zero attached hydrogens (tertiary/aromatic N) is 3. The summed E-state index contributed by atoms with van der Waals surface area (Å²) >= 11 is 5.97. The predicted molar refractivity (Wildman–Crippen MR) is 68.5 cm³/mol. The highest BCUT2D eigenvalue weighted by molar-refractivity contribution is 6.30. The highest BCUT2D eigenvalue weighted by atomic mass is 35.5. The Morgan fingerprint density at radius 1 is 1.39 bits per heavy atom. The van der Waals surface area contributed by atoms with Gasteiger partial charge in [-0.15, -0.1) is 5.10 Å². The van der Waals surface area contributed by atoms with E-state index in [1.807, 2.05) is 28.9 Å². The van der Waals surface area contributed by atoms with Crippen LogP contribution in [0, 0.1) is 0 Å². The average molecular weight is 264 g/mol. The normalized spacial score (nSPS) is 15.0. The lowest BCUT2D eigenvalue weighted by Crippen LogP contribution is -2.06. The van der Waals surface area contributed by atoms with E-state index in [9.17, 15) is 5.11 Å². The standard InChI is InChI=1S/C13H14ClN3O/c14-11-3-1-2-9(6-11)7-17-13(10-4-5-10)12(8-18)15-16-17/h1-3,6,10,18H,4-5,7-8H2. The van der Waals surface area contributed by atoms with Crippen LogP contribution in [0.1, 0.15) is 35.7 Å². The Balaban J connectivity index is 1.90. The van der Waals surface area contributed by atoms with Gasteiger partial charge in [-0.3, -0.25) is 0 Å². The maximum Gasteiger partial charge on any atom is 0.112 e. The summed E-state index contributed by atoms with van der Waals surface area (Å²) in [4.78, 5) is 0. The van der Waals surface area contributed by atoms with Crippen molar-refractivity contribution in [2.75, 3.05) is 0 Å². The van der Waals surface area contributed by atoms with Gasteiger partial charge in [0.25, 0.3) is 0 Å². The number of aliphatic hydroxyl groups excluding tert-OH is 1. The molecule has 5 heteroatoms. The van der Waals surface area contributed by atoms with Crippen molar-refractivity contribution in [3.8, 4) is 0 Å². The summed E-state index contributed by atoms with van der Waals surface area (Å²) in [6.45, 7) is 0.612. The van der Waals surface area contributed by atoms with Crippen LogP contribution in [0.25, 0.3) is 0 Å². The average Bonchev–Trinajstić information content (AvgIpc) is 3.11. The zero-order valence-electron chi connectivity index (χ0n) is 9.88. The van der Waals surface area contributed by atoms with Crippen molar-refractivity contribution < 1.29 is 5.11 Å². The van der Waals surface area contributed by atoms with Crippen molar-refractivity contribution in [1.29, 1.82) is 0 Å². The lowest BCUT2D eigenvalue weighted by Gasteiger charge is -2.06. The Labute approximate surface area is 110 Å². The quantitative estimate of drug-likeness (QED) is 0.921. The van der Waals surface area contributed by atoms with E-state index in [2.05, 4.69) is 10.3 Å². The maximum absolute atomic E-state index is 9.28. The summed E-state index contributed by atoms with van der Waals surface area (Å²) in [6, 6.07) is 7.73. The zero-order valence-corrected chi connectivity index (χ0v) is 10.6. The van der Waals surface area contributed by atoms with Gasteiger partial charge in [0.2, 0.25) is 0 Å². The second-order valence-corrected chi connectivity index (χ2v) is 5.08. The molecule has 1 aromatic heterocycles. The Morgan fingerprint density at radius 3 is 2.89 bits per heavy atom. The van der Waals surface area contributed by atoms with Crippen LogP contribution in [-0.2, 0) is 13.2 Å². The van der Waals surface area contributed by atoms with Crippen molar-refractivity contribution >= 4 is 11.6 Å². The largest absolute Gasteiger partial charge is 0.390 e. The molecule has 3 rings (SSSR count). The van der Waals surface area contributed by atoms with Crippen LogP contribution < -0.4 is 0 Å². The van der Waals surface area contributed by atoms with E-state index in [4.69, 9.17) is 11.6 Å². The first-order valence-electron chi connectivity index (χ1n) is 6.05. The molecular weight excluding hydrogens is 250 g/mol. The fraction of sp³-hybridized carbons (Fsp3) is 0.385. The fourth-order valence-corrected chi connectivity index (χ4v) is 2.41. The van der Waals surface area contributed by atoms with E-state index in [1.54, 1.807) is 0 Å². The molecule has 1 N–H and O–H groups in total. The number of halogens is 1. The molecule has 0 spiro atoms. The SMILES string of the molecule is OCc1nnn(Cc2cccc(Cl)c2)c1C1CC1. The number of aromatic nitrogens is 3. The van der Waals surface area contributed by atoms with Gasteiger partial charge in [0.05, 0.1) is 18.8 Å². The van der Waals surface area contributed by atoms with Crippen molar-refractivity contribution in [2.24, 2.45) is 0 Å². The minimum atomic E-state index is -0.0403.